The fraction of sp³-hybridized carbons (Fsp3) is 0.211. The summed E-state index contributed by atoms with van der Waals surface area (Å²) < 4.78 is 18.3. The number of halogens is 1. The quantitative estimate of drug-likeness (QED) is 0.774. The Kier molecular flexibility index (Phi) is 6.15. The van der Waals surface area contributed by atoms with E-state index in [1.54, 1.807) is 25.1 Å². The van der Waals surface area contributed by atoms with Gasteiger partial charge in [0.2, 0.25) is 0 Å². The predicted octanol–water partition coefficient (Wildman–Crippen LogP) is 2.96. The third-order valence-corrected chi connectivity index (χ3v) is 4.76. The number of phenolic OH excluding ortho intramolecular Hbond substituents is 1. The maximum absolute atomic E-state index is 13.0. The molecule has 0 fully saturated rings. The van der Waals surface area contributed by atoms with E-state index in [0.717, 1.165) is 16.8 Å². The Morgan fingerprint density at radius 3 is 2.79 bits per heavy atom. The lowest BCUT2D eigenvalue weighted by molar-refractivity contribution is -0.129. The minimum Gasteiger partial charge on any atom is -0.504 e. The monoisotopic (exact) mass is 403 g/mol. The van der Waals surface area contributed by atoms with E-state index in [2.05, 4.69) is 10.4 Å². The minimum atomic E-state index is -0.499. The summed E-state index contributed by atoms with van der Waals surface area (Å²) in [5.74, 6) is -0.902. The maximum Gasteiger partial charge on any atom is 0.282 e. The molecule has 2 aromatic rings. The Morgan fingerprint density at radius 2 is 2.07 bits per heavy atom. The molecule has 0 spiro atoms. The van der Waals surface area contributed by atoms with Crippen LogP contribution in [0.3, 0.4) is 0 Å². The summed E-state index contributed by atoms with van der Waals surface area (Å²) >= 11 is 1.02. The average Bonchev–Trinajstić information content (AvgIpc) is 2.68. The second-order valence-electron chi connectivity index (χ2n) is 5.80. The molecule has 1 aliphatic heterocycles. The van der Waals surface area contributed by atoms with Crippen molar-refractivity contribution in [1.29, 1.82) is 0 Å². The van der Waals surface area contributed by atoms with Gasteiger partial charge in [-0.25, -0.2) is 9.40 Å². The van der Waals surface area contributed by atoms with Crippen molar-refractivity contribution in [1.82, 2.24) is 5.01 Å². The predicted molar refractivity (Wildman–Crippen MR) is 105 cm³/mol. The number of ether oxygens (including phenoxy) is 1. The molecule has 0 saturated heterocycles. The Labute approximate surface area is 165 Å². The summed E-state index contributed by atoms with van der Waals surface area (Å²) in [5.41, 5.74) is 0.869. The molecule has 0 saturated carbocycles. The van der Waals surface area contributed by atoms with E-state index in [1.807, 2.05) is 0 Å². The third kappa shape index (κ3) is 4.61. The number of carbonyl (C=O) groups is 2. The first-order chi connectivity index (χ1) is 13.5. The van der Waals surface area contributed by atoms with Crippen LogP contribution >= 0.6 is 11.8 Å². The van der Waals surface area contributed by atoms with Crippen LogP contribution in [0.5, 0.6) is 11.5 Å². The molecule has 146 valence electrons. The standard InChI is InChI=1S/C19H18FN3O4S/c1-2-27-15-5-3-4-12(17(15)25)10-23-16(24)11-28-19(22-23)18(26)21-14-8-6-13(20)7-9-14/h3-9,25H,2,10-11H2,1H3,(H,21,26). The summed E-state index contributed by atoms with van der Waals surface area (Å²) in [6.07, 6.45) is 0. The van der Waals surface area contributed by atoms with Crippen molar-refractivity contribution in [3.8, 4) is 11.5 Å². The van der Waals surface area contributed by atoms with Crippen molar-refractivity contribution in [2.75, 3.05) is 17.7 Å². The number of benzene rings is 2. The molecule has 0 bridgehead atoms. The minimum absolute atomic E-state index is 0.000527. The van der Waals surface area contributed by atoms with E-state index in [-0.39, 0.29) is 29.0 Å². The number of amides is 2. The zero-order valence-corrected chi connectivity index (χ0v) is 15.8. The van der Waals surface area contributed by atoms with E-state index >= 15 is 0 Å². The van der Waals surface area contributed by atoms with Crippen LogP contribution in [-0.4, -0.2) is 39.3 Å². The van der Waals surface area contributed by atoms with Crippen LogP contribution in [0, 0.1) is 5.82 Å². The fourth-order valence-corrected chi connectivity index (χ4v) is 3.23. The van der Waals surface area contributed by atoms with Gasteiger partial charge in [0, 0.05) is 11.3 Å². The molecule has 1 heterocycles. The Morgan fingerprint density at radius 1 is 1.32 bits per heavy atom. The Bertz CT molecular complexity index is 918. The number of hydrogen-bond donors (Lipinski definition) is 2. The van der Waals surface area contributed by atoms with E-state index < -0.39 is 11.7 Å². The molecule has 0 aromatic heterocycles. The van der Waals surface area contributed by atoms with Gasteiger partial charge in [0.1, 0.15) is 5.82 Å². The van der Waals surface area contributed by atoms with Gasteiger partial charge in [-0.2, -0.15) is 5.10 Å². The summed E-state index contributed by atoms with van der Waals surface area (Å²) in [6, 6.07) is 10.3. The van der Waals surface area contributed by atoms with E-state index in [0.29, 0.717) is 23.6 Å². The normalized spacial score (nSPS) is 13.9. The van der Waals surface area contributed by atoms with E-state index in [4.69, 9.17) is 4.74 Å². The SMILES string of the molecule is CCOc1cccc(CN2N=C(C(=O)Nc3ccc(F)cc3)SCC2=O)c1O. The number of hydrogen-bond acceptors (Lipinski definition) is 6. The van der Waals surface area contributed by atoms with Crippen LogP contribution < -0.4 is 10.1 Å². The van der Waals surface area contributed by atoms with Gasteiger partial charge in [-0.05, 0) is 37.3 Å². The van der Waals surface area contributed by atoms with Crippen LogP contribution in [0.2, 0.25) is 0 Å². The number of rotatable bonds is 6. The number of anilines is 1. The summed E-state index contributed by atoms with van der Waals surface area (Å²) in [5, 5.41) is 18.3. The highest BCUT2D eigenvalue weighted by Gasteiger charge is 2.26. The summed E-state index contributed by atoms with van der Waals surface area (Å²) in [4.78, 5) is 24.6. The molecular weight excluding hydrogens is 385 g/mol. The van der Waals surface area contributed by atoms with Crippen molar-refractivity contribution in [3.05, 3.63) is 53.8 Å². The number of phenols is 1. The molecule has 0 atom stereocenters. The van der Waals surface area contributed by atoms with Crippen molar-refractivity contribution in [3.63, 3.8) is 0 Å². The largest absolute Gasteiger partial charge is 0.504 e. The molecule has 0 radical (unpaired) electrons. The van der Waals surface area contributed by atoms with E-state index in [9.17, 15) is 19.1 Å². The van der Waals surface area contributed by atoms with Gasteiger partial charge >= 0.3 is 0 Å². The highest BCUT2D eigenvalue weighted by atomic mass is 32.2. The molecular formula is C19H18FN3O4S. The number of carbonyl (C=O) groups excluding carboxylic acids is 2. The van der Waals surface area contributed by atoms with Gasteiger partial charge in [-0.15, -0.1) is 0 Å². The van der Waals surface area contributed by atoms with Crippen LogP contribution in [0.4, 0.5) is 10.1 Å². The van der Waals surface area contributed by atoms with E-state index in [1.165, 1.54) is 24.3 Å². The molecule has 7 nitrogen and oxygen atoms in total. The Hall–Kier alpha value is -3.07. The molecule has 9 heteroatoms. The molecule has 2 N–H and O–H groups in total. The van der Waals surface area contributed by atoms with Crippen molar-refractivity contribution in [2.45, 2.75) is 13.5 Å². The number of aromatic hydroxyl groups is 1. The maximum atomic E-state index is 13.0. The van der Waals surface area contributed by atoms with Gasteiger partial charge in [0.05, 0.1) is 18.9 Å². The number of para-hydroxylation sites is 1. The number of nitrogens with one attached hydrogen (secondary N) is 1. The zero-order chi connectivity index (χ0) is 20.1. The fourth-order valence-electron chi connectivity index (χ4n) is 2.48. The topological polar surface area (TPSA) is 91.2 Å². The lowest BCUT2D eigenvalue weighted by Crippen LogP contribution is -2.35. The number of thioether (sulfide) groups is 1. The molecule has 28 heavy (non-hydrogen) atoms. The summed E-state index contributed by atoms with van der Waals surface area (Å²) in [6.45, 7) is 2.19. The molecule has 1 aliphatic rings. The van der Waals surface area contributed by atoms with Gasteiger partial charge in [-0.1, -0.05) is 23.9 Å². The molecule has 2 amide bonds. The van der Waals surface area contributed by atoms with Crippen molar-refractivity contribution < 1.29 is 23.8 Å². The first kappa shape index (κ1) is 19.7. The van der Waals surface area contributed by atoms with Crippen LogP contribution in [0.15, 0.2) is 47.6 Å². The first-order valence-corrected chi connectivity index (χ1v) is 9.49. The lowest BCUT2D eigenvalue weighted by Gasteiger charge is -2.23. The number of nitrogens with zero attached hydrogens (tertiary/aromatic N) is 2. The van der Waals surface area contributed by atoms with Crippen LogP contribution in [0.25, 0.3) is 0 Å². The Balaban J connectivity index is 1.76. The zero-order valence-electron chi connectivity index (χ0n) is 15.0. The molecule has 0 unspecified atom stereocenters. The van der Waals surface area contributed by atoms with Gasteiger partial charge in [0.25, 0.3) is 11.8 Å². The van der Waals surface area contributed by atoms with Gasteiger partial charge in [0.15, 0.2) is 16.5 Å². The molecule has 3 rings (SSSR count). The second kappa shape index (κ2) is 8.75. The third-order valence-electron chi connectivity index (χ3n) is 3.83. The first-order valence-electron chi connectivity index (χ1n) is 8.50. The number of hydrazone groups is 1. The summed E-state index contributed by atoms with van der Waals surface area (Å²) in [7, 11) is 0. The molecule has 2 aromatic carbocycles. The van der Waals surface area contributed by atoms with Crippen LogP contribution in [-0.2, 0) is 16.1 Å². The highest BCUT2D eigenvalue weighted by molar-refractivity contribution is 8.16. The smallest absolute Gasteiger partial charge is 0.282 e. The lowest BCUT2D eigenvalue weighted by atomic mass is 10.2. The van der Waals surface area contributed by atoms with Gasteiger partial charge < -0.3 is 15.2 Å². The highest BCUT2D eigenvalue weighted by Crippen LogP contribution is 2.31. The molecule has 0 aliphatic carbocycles. The van der Waals surface area contributed by atoms with Gasteiger partial charge in [-0.3, -0.25) is 9.59 Å². The van der Waals surface area contributed by atoms with Crippen molar-refractivity contribution >= 4 is 34.3 Å². The van der Waals surface area contributed by atoms with Crippen molar-refractivity contribution in [2.24, 2.45) is 5.10 Å². The average molecular weight is 403 g/mol. The van der Waals surface area contributed by atoms with Crippen LogP contribution in [0.1, 0.15) is 12.5 Å². The second-order valence-corrected chi connectivity index (χ2v) is 6.77.